The third kappa shape index (κ3) is 3.54. The molecular weight excluding hydrogens is 259 g/mol. The van der Waals surface area contributed by atoms with E-state index < -0.39 is 10.7 Å². The Kier molecular flexibility index (Phi) is 3.98. The largest absolute Gasteiger partial charge is 0.381 e. The van der Waals surface area contributed by atoms with E-state index in [1.807, 2.05) is 26.0 Å². The highest BCUT2D eigenvalue weighted by molar-refractivity contribution is 5.49. The maximum atomic E-state index is 13.3. The van der Waals surface area contributed by atoms with Gasteiger partial charge in [0.1, 0.15) is 5.82 Å². The van der Waals surface area contributed by atoms with Crippen LogP contribution < -0.4 is 5.32 Å². The third-order valence-electron chi connectivity index (χ3n) is 2.87. The molecule has 0 aromatic heterocycles. The summed E-state index contributed by atoms with van der Waals surface area (Å²) in [5.41, 5.74) is 3.46. The Morgan fingerprint density at radius 2 is 1.75 bits per heavy atom. The molecule has 0 heterocycles. The lowest BCUT2D eigenvalue weighted by atomic mass is 10.1. The number of anilines is 1. The molecule has 1 N–H and O–H groups in total. The summed E-state index contributed by atoms with van der Waals surface area (Å²) in [6.45, 7) is 4.32. The van der Waals surface area contributed by atoms with Crippen LogP contribution in [0.25, 0.3) is 0 Å². The number of halogens is 1. The maximum Gasteiger partial charge on any atom is 0.272 e. The van der Waals surface area contributed by atoms with Gasteiger partial charge in [-0.05, 0) is 48.7 Å². The first-order valence-corrected chi connectivity index (χ1v) is 6.20. The van der Waals surface area contributed by atoms with Crippen LogP contribution in [0.4, 0.5) is 15.8 Å². The van der Waals surface area contributed by atoms with Crippen LogP contribution in [0.1, 0.15) is 16.7 Å². The Labute approximate surface area is 116 Å². The molecule has 20 heavy (non-hydrogen) atoms. The topological polar surface area (TPSA) is 55.2 Å². The number of nitrogens with one attached hydrogen (secondary N) is 1. The Morgan fingerprint density at radius 3 is 2.35 bits per heavy atom. The lowest BCUT2D eigenvalue weighted by Gasteiger charge is -2.09. The van der Waals surface area contributed by atoms with Gasteiger partial charge in [0, 0.05) is 18.3 Å². The van der Waals surface area contributed by atoms with Gasteiger partial charge in [-0.2, -0.15) is 0 Å². The summed E-state index contributed by atoms with van der Waals surface area (Å²) in [6.07, 6.45) is 0. The minimum absolute atomic E-state index is 0.234. The van der Waals surface area contributed by atoms with Gasteiger partial charge in [0.25, 0.3) is 5.69 Å². The monoisotopic (exact) mass is 274 g/mol. The molecule has 0 fully saturated rings. The van der Waals surface area contributed by atoms with Gasteiger partial charge < -0.3 is 5.32 Å². The van der Waals surface area contributed by atoms with Crippen LogP contribution in [0.5, 0.6) is 0 Å². The fourth-order valence-electron chi connectivity index (χ4n) is 2.12. The first-order valence-electron chi connectivity index (χ1n) is 6.20. The van der Waals surface area contributed by atoms with E-state index in [0.29, 0.717) is 12.1 Å². The van der Waals surface area contributed by atoms with Crippen molar-refractivity contribution < 1.29 is 9.31 Å². The van der Waals surface area contributed by atoms with Gasteiger partial charge in [0.15, 0.2) is 0 Å². The fraction of sp³-hybridized carbons (Fsp3) is 0.200. The van der Waals surface area contributed by atoms with Crippen molar-refractivity contribution in [3.8, 4) is 0 Å². The summed E-state index contributed by atoms with van der Waals surface area (Å²) < 4.78 is 13.3. The molecule has 2 aromatic rings. The van der Waals surface area contributed by atoms with Gasteiger partial charge in [0.05, 0.1) is 11.0 Å². The predicted octanol–water partition coefficient (Wildman–Crippen LogP) is 3.96. The van der Waals surface area contributed by atoms with Gasteiger partial charge in [0.2, 0.25) is 0 Å². The molecule has 0 radical (unpaired) electrons. The number of aryl methyl sites for hydroxylation is 2. The normalized spacial score (nSPS) is 10.3. The zero-order valence-electron chi connectivity index (χ0n) is 11.3. The molecule has 0 amide bonds. The summed E-state index contributed by atoms with van der Waals surface area (Å²) in [6, 6.07) is 9.58. The average Bonchev–Trinajstić information content (AvgIpc) is 2.34. The molecule has 4 nitrogen and oxygen atoms in total. The quantitative estimate of drug-likeness (QED) is 0.678. The van der Waals surface area contributed by atoms with E-state index >= 15 is 0 Å². The Bertz CT molecular complexity index is 636. The molecule has 5 heteroatoms. The van der Waals surface area contributed by atoms with Crippen LogP contribution in [0.15, 0.2) is 36.4 Å². The second kappa shape index (κ2) is 5.69. The van der Waals surface area contributed by atoms with Crippen molar-refractivity contribution >= 4 is 11.4 Å². The zero-order chi connectivity index (χ0) is 14.7. The van der Waals surface area contributed by atoms with Crippen molar-refractivity contribution in [3.63, 3.8) is 0 Å². The number of nitro groups is 1. The van der Waals surface area contributed by atoms with Gasteiger partial charge >= 0.3 is 0 Å². The minimum atomic E-state index is -0.601. The van der Waals surface area contributed by atoms with Gasteiger partial charge in [-0.3, -0.25) is 10.1 Å². The Morgan fingerprint density at radius 1 is 1.10 bits per heavy atom. The van der Waals surface area contributed by atoms with Crippen molar-refractivity contribution in [2.45, 2.75) is 20.4 Å². The average molecular weight is 274 g/mol. The summed E-state index contributed by atoms with van der Waals surface area (Å²) in [5, 5.41) is 13.8. The standard InChI is InChI=1S/C15H15FN2O2/c1-10-3-11(2)5-14(4-10)17-9-12-6-13(16)8-15(7-12)18(19)20/h3-8,17H,9H2,1-2H3. The highest BCUT2D eigenvalue weighted by Crippen LogP contribution is 2.19. The molecule has 2 aromatic carbocycles. The van der Waals surface area contributed by atoms with E-state index in [2.05, 4.69) is 11.4 Å². The number of non-ortho nitro benzene ring substituents is 1. The highest BCUT2D eigenvalue weighted by atomic mass is 19.1. The molecule has 0 bridgehead atoms. The van der Waals surface area contributed by atoms with Gasteiger partial charge in [-0.15, -0.1) is 0 Å². The van der Waals surface area contributed by atoms with E-state index in [9.17, 15) is 14.5 Å². The molecule has 0 aliphatic carbocycles. The smallest absolute Gasteiger partial charge is 0.272 e. The molecule has 0 aliphatic heterocycles. The number of hydrogen-bond donors (Lipinski definition) is 1. The molecule has 2 rings (SSSR count). The van der Waals surface area contributed by atoms with Crippen LogP contribution >= 0.6 is 0 Å². The number of nitrogens with zero attached hydrogens (tertiary/aromatic N) is 1. The first-order chi connectivity index (χ1) is 9.44. The summed E-state index contributed by atoms with van der Waals surface area (Å²) >= 11 is 0. The van der Waals surface area contributed by atoms with E-state index in [4.69, 9.17) is 0 Å². The third-order valence-corrected chi connectivity index (χ3v) is 2.87. The molecule has 0 spiro atoms. The van der Waals surface area contributed by atoms with Crippen LogP contribution in [-0.2, 0) is 6.54 Å². The molecule has 0 atom stereocenters. The van der Waals surface area contributed by atoms with Gasteiger partial charge in [-0.25, -0.2) is 4.39 Å². The zero-order valence-corrected chi connectivity index (χ0v) is 11.3. The van der Waals surface area contributed by atoms with Crippen LogP contribution in [0.2, 0.25) is 0 Å². The Hall–Kier alpha value is -2.43. The van der Waals surface area contributed by atoms with E-state index in [-0.39, 0.29) is 5.69 Å². The SMILES string of the molecule is Cc1cc(C)cc(NCc2cc(F)cc([N+](=O)[O-])c2)c1. The van der Waals surface area contributed by atoms with E-state index in [1.54, 1.807) is 0 Å². The van der Waals surface area contributed by atoms with Crippen molar-refractivity contribution in [2.24, 2.45) is 0 Å². The summed E-state index contributed by atoms with van der Waals surface area (Å²) in [7, 11) is 0. The predicted molar refractivity (Wildman–Crippen MR) is 76.3 cm³/mol. The Balaban J connectivity index is 2.16. The van der Waals surface area contributed by atoms with E-state index in [0.717, 1.165) is 22.9 Å². The second-order valence-corrected chi connectivity index (χ2v) is 4.80. The number of benzene rings is 2. The van der Waals surface area contributed by atoms with Gasteiger partial charge in [-0.1, -0.05) is 6.07 Å². The van der Waals surface area contributed by atoms with E-state index in [1.165, 1.54) is 12.1 Å². The summed E-state index contributed by atoms with van der Waals surface area (Å²) in [4.78, 5) is 10.1. The minimum Gasteiger partial charge on any atom is -0.381 e. The molecular formula is C15H15FN2O2. The van der Waals surface area contributed by atoms with Crippen LogP contribution in [0.3, 0.4) is 0 Å². The van der Waals surface area contributed by atoms with Crippen molar-refractivity contribution in [1.82, 2.24) is 0 Å². The number of rotatable bonds is 4. The van der Waals surface area contributed by atoms with Crippen LogP contribution in [-0.4, -0.2) is 4.92 Å². The number of nitro benzene ring substituents is 1. The van der Waals surface area contributed by atoms with Crippen molar-refractivity contribution in [3.05, 3.63) is 69.0 Å². The lowest BCUT2D eigenvalue weighted by molar-refractivity contribution is -0.385. The first kappa shape index (κ1) is 14.0. The molecule has 0 unspecified atom stereocenters. The number of hydrogen-bond acceptors (Lipinski definition) is 3. The second-order valence-electron chi connectivity index (χ2n) is 4.80. The fourth-order valence-corrected chi connectivity index (χ4v) is 2.12. The lowest BCUT2D eigenvalue weighted by Crippen LogP contribution is -2.01. The molecule has 0 aliphatic rings. The molecule has 0 saturated heterocycles. The summed E-state index contributed by atoms with van der Waals surface area (Å²) in [5.74, 6) is -0.601. The molecule has 0 saturated carbocycles. The van der Waals surface area contributed by atoms with Crippen molar-refractivity contribution in [1.29, 1.82) is 0 Å². The van der Waals surface area contributed by atoms with Crippen molar-refractivity contribution in [2.75, 3.05) is 5.32 Å². The highest BCUT2D eigenvalue weighted by Gasteiger charge is 2.09. The van der Waals surface area contributed by atoms with Crippen LogP contribution in [0, 0.1) is 29.8 Å². The maximum absolute atomic E-state index is 13.3. The molecule has 104 valence electrons.